The zero-order valence-electron chi connectivity index (χ0n) is 35.7. The van der Waals surface area contributed by atoms with E-state index >= 15 is 0 Å². The minimum Gasteiger partial charge on any atom is -0.453 e. The van der Waals surface area contributed by atoms with E-state index in [0.29, 0.717) is 13.1 Å². The van der Waals surface area contributed by atoms with Crippen molar-refractivity contribution in [1.29, 1.82) is 0 Å². The molecule has 0 radical (unpaired) electrons. The smallest absolute Gasteiger partial charge is 0.407 e. The van der Waals surface area contributed by atoms with Gasteiger partial charge in [-0.15, -0.1) is 0 Å². The van der Waals surface area contributed by atoms with Crippen LogP contribution in [0, 0.1) is 11.8 Å². The second-order valence-corrected chi connectivity index (χ2v) is 17.6. The van der Waals surface area contributed by atoms with Crippen molar-refractivity contribution in [2.24, 2.45) is 11.8 Å². The average Bonchev–Trinajstić information content (AvgIpc) is 4.16. The number of imidazole rings is 2. The Morgan fingerprint density at radius 1 is 0.629 bits per heavy atom. The maximum absolute atomic E-state index is 14.1. The summed E-state index contributed by atoms with van der Waals surface area (Å²) in [5.41, 5.74) is 5.27. The molecule has 2 aliphatic carbocycles. The second-order valence-electron chi connectivity index (χ2n) is 17.6. The number of carbonyl (C=O) groups is 4. The summed E-state index contributed by atoms with van der Waals surface area (Å²) in [7, 11) is 2.66. The SMILES string of the molecule is COC(=O)NC(C(=O)N1CCCC1c1ncc(-c2ccc3cc(-c4ccc5nc(C6CCCN6C(=O)C(NC(=O)OC)C6CCCCC6)[nH]c5c4)ncc3c2)[nH]1)C1CCCCC1. The highest BCUT2D eigenvalue weighted by atomic mass is 16.5. The van der Waals surface area contributed by atoms with Gasteiger partial charge in [-0.05, 0) is 92.9 Å². The van der Waals surface area contributed by atoms with Crippen LogP contribution in [0.2, 0.25) is 0 Å². The lowest BCUT2D eigenvalue weighted by Crippen LogP contribution is -2.52. The zero-order valence-corrected chi connectivity index (χ0v) is 35.7. The Kier molecular flexibility index (Phi) is 12.1. The van der Waals surface area contributed by atoms with E-state index in [4.69, 9.17) is 24.4 Å². The second kappa shape index (κ2) is 18.2. The Labute approximate surface area is 361 Å². The molecular weight excluding hydrogens is 787 g/mol. The van der Waals surface area contributed by atoms with Crippen molar-refractivity contribution in [2.45, 2.75) is 114 Å². The summed E-state index contributed by atoms with van der Waals surface area (Å²) in [5, 5.41) is 7.77. The van der Waals surface area contributed by atoms with E-state index < -0.39 is 24.3 Å². The maximum Gasteiger partial charge on any atom is 0.407 e. The molecule has 15 heteroatoms. The minimum atomic E-state index is -0.616. The molecule has 4 amide bonds. The molecule has 9 rings (SSSR count). The van der Waals surface area contributed by atoms with Gasteiger partial charge in [0.2, 0.25) is 11.8 Å². The number of benzene rings is 2. The van der Waals surface area contributed by atoms with Gasteiger partial charge >= 0.3 is 12.2 Å². The monoisotopic (exact) mass is 843 g/mol. The number of methoxy groups -OCH3 is 2. The fraction of sp³-hybridized carbons (Fsp3) is 0.511. The summed E-state index contributed by atoms with van der Waals surface area (Å²) in [5.74, 6) is 1.53. The molecule has 2 saturated carbocycles. The molecule has 4 N–H and O–H groups in total. The highest BCUT2D eigenvalue weighted by Crippen LogP contribution is 2.38. The van der Waals surface area contributed by atoms with Crippen molar-refractivity contribution >= 4 is 45.8 Å². The van der Waals surface area contributed by atoms with Gasteiger partial charge in [-0.1, -0.05) is 56.7 Å². The van der Waals surface area contributed by atoms with Crippen LogP contribution in [0.5, 0.6) is 0 Å². The van der Waals surface area contributed by atoms with Crippen LogP contribution in [0.1, 0.15) is 114 Å². The van der Waals surface area contributed by atoms with E-state index in [1.165, 1.54) is 14.2 Å². The van der Waals surface area contributed by atoms with Crippen molar-refractivity contribution < 1.29 is 28.7 Å². The Morgan fingerprint density at radius 3 is 1.84 bits per heavy atom. The number of hydrogen-bond donors (Lipinski definition) is 4. The van der Waals surface area contributed by atoms with E-state index in [1.54, 1.807) is 0 Å². The van der Waals surface area contributed by atoms with Crippen LogP contribution in [-0.2, 0) is 19.1 Å². The topological polar surface area (TPSA) is 188 Å². The number of hydrogen-bond acceptors (Lipinski definition) is 9. The number of aromatic amines is 2. The molecule has 0 bridgehead atoms. The molecule has 3 aromatic heterocycles. The fourth-order valence-electron chi connectivity index (χ4n) is 10.5. The summed E-state index contributed by atoms with van der Waals surface area (Å²) in [6.07, 6.45) is 16.0. The lowest BCUT2D eigenvalue weighted by Gasteiger charge is -2.34. The molecule has 0 spiro atoms. The standard InChI is InChI=1S/C47H57N9O6/c1-61-46(59)53-40(28-11-5-3-6-12-28)44(57)55-21-9-15-38(55)42-49-27-37(52-42)31-18-17-30-24-35(48-26-33(30)23-31)32-19-20-34-36(25-32)51-43(50-34)39-16-10-22-56(39)45(58)41(54-47(60)62-2)29-13-7-4-8-14-29/h17-20,23-29,38-41H,3-16,21-22H2,1-2H3,(H,49,52)(H,50,51)(H,53,59)(H,54,60). The molecule has 2 aromatic carbocycles. The number of likely N-dealkylation sites (tertiary alicyclic amines) is 2. The Bertz CT molecular complexity index is 2430. The highest BCUT2D eigenvalue weighted by Gasteiger charge is 2.41. The third kappa shape index (κ3) is 8.45. The van der Waals surface area contributed by atoms with Crippen molar-refractivity contribution in [3.8, 4) is 22.5 Å². The van der Waals surface area contributed by atoms with Crippen molar-refractivity contribution in [3.63, 3.8) is 0 Å². The molecule has 326 valence electrons. The third-order valence-corrected chi connectivity index (χ3v) is 13.8. The van der Waals surface area contributed by atoms with E-state index in [0.717, 1.165) is 146 Å². The molecule has 4 atom stereocenters. The number of rotatable bonds is 10. The molecule has 4 unspecified atom stereocenters. The van der Waals surface area contributed by atoms with Gasteiger partial charge in [0.1, 0.15) is 23.7 Å². The lowest BCUT2D eigenvalue weighted by atomic mass is 9.83. The summed E-state index contributed by atoms with van der Waals surface area (Å²) in [6.45, 7) is 1.23. The number of ether oxygens (including phenoxy) is 2. The molecule has 5 heterocycles. The fourth-order valence-corrected chi connectivity index (χ4v) is 10.5. The normalized spacial score (nSPS) is 20.9. The van der Waals surface area contributed by atoms with E-state index in [2.05, 4.69) is 50.9 Å². The maximum atomic E-state index is 14.1. The number of fused-ring (bicyclic) bond motifs is 2. The van der Waals surface area contributed by atoms with Gasteiger partial charge in [0.25, 0.3) is 0 Å². The van der Waals surface area contributed by atoms with Gasteiger partial charge in [-0.3, -0.25) is 14.6 Å². The first-order valence-electron chi connectivity index (χ1n) is 22.5. The number of aromatic nitrogens is 5. The summed E-state index contributed by atoms with van der Waals surface area (Å²) in [4.78, 5) is 78.3. The largest absolute Gasteiger partial charge is 0.453 e. The number of carbonyl (C=O) groups excluding carboxylic acids is 4. The Hall–Kier alpha value is -5.99. The molecular formula is C47H57N9O6. The first-order chi connectivity index (χ1) is 30.3. The van der Waals surface area contributed by atoms with Gasteiger partial charge in [0.15, 0.2) is 0 Å². The summed E-state index contributed by atoms with van der Waals surface area (Å²) in [6, 6.07) is 12.8. The predicted molar refractivity (Wildman–Crippen MR) is 234 cm³/mol. The number of amides is 4. The summed E-state index contributed by atoms with van der Waals surface area (Å²) >= 11 is 0. The first-order valence-corrected chi connectivity index (χ1v) is 22.5. The first kappa shape index (κ1) is 41.4. The van der Waals surface area contributed by atoms with Crippen LogP contribution in [-0.4, -0.2) is 98.1 Å². The molecule has 5 aromatic rings. The van der Waals surface area contributed by atoms with Crippen LogP contribution in [0.3, 0.4) is 0 Å². The highest BCUT2D eigenvalue weighted by molar-refractivity contribution is 5.91. The molecule has 2 aliphatic heterocycles. The number of pyridine rings is 1. The van der Waals surface area contributed by atoms with E-state index in [1.807, 2.05) is 34.3 Å². The number of nitrogens with zero attached hydrogens (tertiary/aromatic N) is 5. The van der Waals surface area contributed by atoms with Crippen LogP contribution in [0.4, 0.5) is 9.59 Å². The third-order valence-electron chi connectivity index (χ3n) is 13.8. The molecule has 4 aliphatic rings. The zero-order chi connectivity index (χ0) is 42.7. The van der Waals surface area contributed by atoms with E-state index in [-0.39, 0.29) is 35.7 Å². The van der Waals surface area contributed by atoms with Gasteiger partial charge in [0.05, 0.1) is 54.9 Å². The number of nitrogens with one attached hydrogen (secondary N) is 4. The average molecular weight is 844 g/mol. The Morgan fingerprint density at radius 2 is 1.23 bits per heavy atom. The van der Waals surface area contributed by atoms with Gasteiger partial charge < -0.3 is 39.9 Å². The molecule has 2 saturated heterocycles. The van der Waals surface area contributed by atoms with Crippen LogP contribution >= 0.6 is 0 Å². The van der Waals surface area contributed by atoms with Crippen LogP contribution < -0.4 is 10.6 Å². The van der Waals surface area contributed by atoms with Crippen LogP contribution in [0.25, 0.3) is 44.3 Å². The van der Waals surface area contributed by atoms with Gasteiger partial charge in [-0.2, -0.15) is 0 Å². The number of alkyl carbamates (subject to hydrolysis) is 2. The molecule has 62 heavy (non-hydrogen) atoms. The summed E-state index contributed by atoms with van der Waals surface area (Å²) < 4.78 is 9.83. The Balaban J connectivity index is 0.900. The quantitative estimate of drug-likeness (QED) is 0.108. The van der Waals surface area contributed by atoms with Crippen molar-refractivity contribution in [2.75, 3.05) is 27.3 Å². The van der Waals surface area contributed by atoms with Crippen molar-refractivity contribution in [3.05, 3.63) is 66.5 Å². The van der Waals surface area contributed by atoms with E-state index in [9.17, 15) is 19.2 Å². The predicted octanol–water partition coefficient (Wildman–Crippen LogP) is 8.11. The van der Waals surface area contributed by atoms with Gasteiger partial charge in [-0.25, -0.2) is 19.6 Å². The molecule has 4 fully saturated rings. The number of H-pyrrole nitrogens is 2. The van der Waals surface area contributed by atoms with Crippen molar-refractivity contribution in [1.82, 2.24) is 45.4 Å². The molecule has 15 nitrogen and oxygen atoms in total. The van der Waals surface area contributed by atoms with Gasteiger partial charge in [0, 0.05) is 35.8 Å². The minimum absolute atomic E-state index is 0.0658. The van der Waals surface area contributed by atoms with Crippen LogP contribution in [0.15, 0.2) is 54.9 Å². The lowest BCUT2D eigenvalue weighted by molar-refractivity contribution is -0.136.